The van der Waals surface area contributed by atoms with Crippen LogP contribution in [0.1, 0.15) is 39.0 Å². The highest BCUT2D eigenvalue weighted by molar-refractivity contribution is 5.76. The molecular weight excluding hydrogens is 178 g/mol. The molecule has 0 aromatic rings. The summed E-state index contributed by atoms with van der Waals surface area (Å²) >= 11 is 0. The van der Waals surface area contributed by atoms with Crippen molar-refractivity contribution in [3.8, 4) is 0 Å². The van der Waals surface area contributed by atoms with Gasteiger partial charge in [-0.25, -0.2) is 5.48 Å². The van der Waals surface area contributed by atoms with Crippen molar-refractivity contribution in [2.24, 2.45) is 22.6 Å². The van der Waals surface area contributed by atoms with Crippen LogP contribution in [0, 0.1) is 11.8 Å². The van der Waals surface area contributed by atoms with Crippen LogP contribution in [0.25, 0.3) is 0 Å². The van der Waals surface area contributed by atoms with E-state index in [1.807, 2.05) is 5.48 Å². The van der Waals surface area contributed by atoms with Crippen molar-refractivity contribution in [3.05, 3.63) is 0 Å². The van der Waals surface area contributed by atoms with E-state index in [0.717, 1.165) is 24.8 Å². The second-order valence-corrected chi connectivity index (χ2v) is 4.31. The van der Waals surface area contributed by atoms with Gasteiger partial charge in [-0.3, -0.25) is 10.2 Å². The highest BCUT2D eigenvalue weighted by atomic mass is 16.5. The Morgan fingerprint density at radius 3 is 3.00 bits per heavy atom. The van der Waals surface area contributed by atoms with E-state index in [1.165, 1.54) is 25.7 Å². The molecule has 0 aromatic carbocycles. The number of hydroxylamine groups is 1. The van der Waals surface area contributed by atoms with Crippen molar-refractivity contribution in [2.45, 2.75) is 39.0 Å². The lowest BCUT2D eigenvalue weighted by atomic mass is 9.81. The smallest absolute Gasteiger partial charge is 0.212 e. The minimum atomic E-state index is 0.119. The molecule has 2 unspecified atom stereocenters. The van der Waals surface area contributed by atoms with Crippen molar-refractivity contribution in [1.29, 1.82) is 0 Å². The predicted octanol–water partition coefficient (Wildman–Crippen LogP) is 1.50. The topological polar surface area (TPSA) is 70.6 Å². The Morgan fingerprint density at radius 2 is 2.36 bits per heavy atom. The molecule has 0 heterocycles. The summed E-state index contributed by atoms with van der Waals surface area (Å²) in [6, 6.07) is 0. The van der Waals surface area contributed by atoms with E-state index < -0.39 is 0 Å². The molecule has 1 saturated carbocycles. The van der Waals surface area contributed by atoms with E-state index in [1.54, 1.807) is 0 Å². The van der Waals surface area contributed by atoms with E-state index in [4.69, 9.17) is 10.9 Å². The maximum absolute atomic E-state index is 8.41. The van der Waals surface area contributed by atoms with Crippen LogP contribution in [0.3, 0.4) is 0 Å². The van der Waals surface area contributed by atoms with Crippen LogP contribution < -0.4 is 11.2 Å². The van der Waals surface area contributed by atoms with Gasteiger partial charge in [-0.2, -0.15) is 0 Å². The summed E-state index contributed by atoms with van der Waals surface area (Å²) in [5.74, 6) is 1.79. The van der Waals surface area contributed by atoms with Crippen LogP contribution >= 0.6 is 0 Å². The molecule has 1 aliphatic carbocycles. The van der Waals surface area contributed by atoms with E-state index >= 15 is 0 Å². The SMILES string of the molecule is CC1CCCC(CCN=C(N)NO)C1. The van der Waals surface area contributed by atoms with Gasteiger partial charge in [-0.15, -0.1) is 0 Å². The third-order valence-electron chi connectivity index (χ3n) is 2.98. The highest BCUT2D eigenvalue weighted by Gasteiger charge is 2.17. The van der Waals surface area contributed by atoms with Crippen molar-refractivity contribution < 1.29 is 5.21 Å². The fourth-order valence-corrected chi connectivity index (χ4v) is 2.22. The Labute approximate surface area is 85.6 Å². The fourth-order valence-electron chi connectivity index (χ4n) is 2.22. The summed E-state index contributed by atoms with van der Waals surface area (Å²) < 4.78 is 0. The standard InChI is InChI=1S/C10H21N3O/c1-8-3-2-4-9(7-8)5-6-12-10(11)13-14/h8-9,14H,2-7H2,1H3,(H3,11,12,13). The Balaban J connectivity index is 2.17. The zero-order chi connectivity index (χ0) is 10.4. The van der Waals surface area contributed by atoms with Crippen molar-refractivity contribution in [2.75, 3.05) is 6.54 Å². The molecule has 1 aliphatic rings. The van der Waals surface area contributed by atoms with Crippen molar-refractivity contribution >= 4 is 5.96 Å². The molecule has 0 spiro atoms. The predicted molar refractivity (Wildman–Crippen MR) is 57.2 cm³/mol. The molecule has 2 atom stereocenters. The van der Waals surface area contributed by atoms with Gasteiger partial charge in [0.25, 0.3) is 0 Å². The normalized spacial score (nSPS) is 28.9. The largest absolute Gasteiger partial charge is 0.368 e. The summed E-state index contributed by atoms with van der Waals surface area (Å²) in [4.78, 5) is 4.00. The minimum absolute atomic E-state index is 0.119. The van der Waals surface area contributed by atoms with Gasteiger partial charge in [-0.1, -0.05) is 26.2 Å². The number of hydrogen-bond donors (Lipinski definition) is 3. The summed E-state index contributed by atoms with van der Waals surface area (Å²) in [6.45, 7) is 3.04. The molecule has 0 aromatic heterocycles. The summed E-state index contributed by atoms with van der Waals surface area (Å²) in [6.07, 6.45) is 6.46. The Morgan fingerprint density at radius 1 is 1.57 bits per heavy atom. The molecular formula is C10H21N3O. The quantitative estimate of drug-likeness (QED) is 0.366. The zero-order valence-corrected chi connectivity index (χ0v) is 8.87. The van der Waals surface area contributed by atoms with Gasteiger partial charge in [-0.05, 0) is 24.7 Å². The number of hydrogen-bond acceptors (Lipinski definition) is 2. The number of nitrogens with zero attached hydrogens (tertiary/aromatic N) is 1. The average molecular weight is 199 g/mol. The van der Waals surface area contributed by atoms with E-state index in [9.17, 15) is 0 Å². The number of guanidine groups is 1. The van der Waals surface area contributed by atoms with Gasteiger partial charge in [0.05, 0.1) is 0 Å². The maximum Gasteiger partial charge on any atom is 0.212 e. The molecule has 14 heavy (non-hydrogen) atoms. The Hall–Kier alpha value is -0.770. The van der Waals surface area contributed by atoms with Crippen LogP contribution in [0.15, 0.2) is 4.99 Å². The van der Waals surface area contributed by atoms with Gasteiger partial charge in [0.1, 0.15) is 0 Å². The molecule has 4 heteroatoms. The molecule has 0 amide bonds. The number of rotatable bonds is 3. The lowest BCUT2D eigenvalue weighted by Crippen LogP contribution is -2.28. The summed E-state index contributed by atoms with van der Waals surface area (Å²) in [7, 11) is 0. The third-order valence-corrected chi connectivity index (χ3v) is 2.98. The zero-order valence-electron chi connectivity index (χ0n) is 8.87. The first kappa shape index (κ1) is 11.3. The second kappa shape index (κ2) is 5.86. The first-order valence-corrected chi connectivity index (χ1v) is 5.42. The van der Waals surface area contributed by atoms with Gasteiger partial charge in [0, 0.05) is 6.54 Å². The molecule has 0 radical (unpaired) electrons. The second-order valence-electron chi connectivity index (χ2n) is 4.31. The number of nitrogens with two attached hydrogens (primary N) is 1. The lowest BCUT2D eigenvalue weighted by Gasteiger charge is -2.26. The number of aliphatic imine (C=N–C) groups is 1. The molecule has 1 fully saturated rings. The molecule has 0 saturated heterocycles. The highest BCUT2D eigenvalue weighted by Crippen LogP contribution is 2.30. The van der Waals surface area contributed by atoms with Crippen LogP contribution in [0.4, 0.5) is 0 Å². The van der Waals surface area contributed by atoms with Crippen LogP contribution in [0.5, 0.6) is 0 Å². The van der Waals surface area contributed by atoms with E-state index in [0.29, 0.717) is 0 Å². The van der Waals surface area contributed by atoms with E-state index in [-0.39, 0.29) is 5.96 Å². The van der Waals surface area contributed by atoms with Gasteiger partial charge < -0.3 is 5.73 Å². The van der Waals surface area contributed by atoms with Crippen molar-refractivity contribution in [3.63, 3.8) is 0 Å². The summed E-state index contributed by atoms with van der Waals surface area (Å²) in [5, 5.41) is 8.41. The molecule has 0 bridgehead atoms. The minimum Gasteiger partial charge on any atom is -0.368 e. The summed E-state index contributed by atoms with van der Waals surface area (Å²) in [5.41, 5.74) is 7.14. The van der Waals surface area contributed by atoms with Gasteiger partial charge in [0.15, 0.2) is 0 Å². The molecule has 4 nitrogen and oxygen atoms in total. The fraction of sp³-hybridized carbons (Fsp3) is 0.900. The Bertz CT molecular complexity index is 194. The Kier molecular flexibility index (Phi) is 4.73. The molecule has 4 N–H and O–H groups in total. The molecule has 1 rings (SSSR count). The first-order valence-electron chi connectivity index (χ1n) is 5.42. The monoisotopic (exact) mass is 199 g/mol. The number of nitrogens with one attached hydrogen (secondary N) is 1. The van der Waals surface area contributed by atoms with Crippen molar-refractivity contribution in [1.82, 2.24) is 5.48 Å². The average Bonchev–Trinajstić information content (AvgIpc) is 2.17. The third kappa shape index (κ3) is 3.96. The first-order chi connectivity index (χ1) is 6.72. The van der Waals surface area contributed by atoms with Crippen LogP contribution in [-0.4, -0.2) is 17.7 Å². The van der Waals surface area contributed by atoms with Crippen LogP contribution in [-0.2, 0) is 0 Å². The molecule has 82 valence electrons. The van der Waals surface area contributed by atoms with Gasteiger partial charge >= 0.3 is 0 Å². The van der Waals surface area contributed by atoms with Crippen LogP contribution in [0.2, 0.25) is 0 Å². The molecule has 0 aliphatic heterocycles. The van der Waals surface area contributed by atoms with Gasteiger partial charge in [0.2, 0.25) is 5.96 Å². The van der Waals surface area contributed by atoms with E-state index in [2.05, 4.69) is 11.9 Å². The lowest BCUT2D eigenvalue weighted by molar-refractivity contribution is 0.232. The maximum atomic E-state index is 8.41.